The Morgan fingerprint density at radius 1 is 1.29 bits per heavy atom. The van der Waals surface area contributed by atoms with E-state index in [0.717, 1.165) is 4.90 Å². The van der Waals surface area contributed by atoms with Gasteiger partial charge in [-0.15, -0.1) is 0 Å². The van der Waals surface area contributed by atoms with Crippen LogP contribution >= 0.6 is 0 Å². The first-order chi connectivity index (χ1) is 11.5. The molecule has 0 atom stereocenters. The molecule has 1 aromatic rings. The van der Waals surface area contributed by atoms with Crippen LogP contribution in [0.1, 0.15) is 12.8 Å². The third-order valence-corrected chi connectivity index (χ3v) is 4.86. The van der Waals surface area contributed by atoms with Gasteiger partial charge in [0.25, 0.3) is 11.8 Å². The largest absolute Gasteiger partial charge is 0.482 e. The molecule has 8 nitrogen and oxygen atoms in total. The monoisotopic (exact) mass is 332 g/mol. The van der Waals surface area contributed by atoms with E-state index in [1.54, 1.807) is 36.5 Å². The maximum absolute atomic E-state index is 12.4. The molecule has 3 rings (SSSR count). The molecule has 1 aromatic heterocycles. The number of nitrogens with zero attached hydrogens (tertiary/aromatic N) is 4. The number of carbonyl (C=O) groups excluding carboxylic acids is 3. The summed E-state index contributed by atoms with van der Waals surface area (Å²) in [6.45, 7) is 0.778. The minimum absolute atomic E-state index is 0.0681. The van der Waals surface area contributed by atoms with Crippen LogP contribution in [0, 0.1) is 0 Å². The first-order valence-electron chi connectivity index (χ1n) is 7.82. The molecule has 8 heteroatoms. The van der Waals surface area contributed by atoms with Crippen LogP contribution in [0.3, 0.4) is 0 Å². The predicted molar refractivity (Wildman–Crippen MR) is 84.2 cm³/mol. The van der Waals surface area contributed by atoms with Gasteiger partial charge in [-0.05, 0) is 25.0 Å². The molecule has 0 aliphatic carbocycles. The highest BCUT2D eigenvalue weighted by Gasteiger charge is 2.55. The molecule has 2 aliphatic heterocycles. The van der Waals surface area contributed by atoms with E-state index in [1.165, 1.54) is 11.9 Å². The third-order valence-electron chi connectivity index (χ3n) is 4.86. The summed E-state index contributed by atoms with van der Waals surface area (Å²) in [6, 6.07) is 3.18. The summed E-state index contributed by atoms with van der Waals surface area (Å²) < 4.78 is 5.42. The summed E-state index contributed by atoms with van der Waals surface area (Å²) in [6.07, 6.45) is 4.06. The van der Waals surface area contributed by atoms with Crippen molar-refractivity contribution >= 4 is 17.8 Å². The Morgan fingerprint density at radius 2 is 2.00 bits per heavy atom. The van der Waals surface area contributed by atoms with E-state index < -0.39 is 5.54 Å². The van der Waals surface area contributed by atoms with E-state index >= 15 is 0 Å². The zero-order valence-electron chi connectivity index (χ0n) is 13.8. The fourth-order valence-electron chi connectivity index (χ4n) is 3.29. The van der Waals surface area contributed by atoms with Crippen molar-refractivity contribution in [2.24, 2.45) is 0 Å². The average molecular weight is 332 g/mol. The number of piperidine rings is 1. The van der Waals surface area contributed by atoms with E-state index in [4.69, 9.17) is 4.74 Å². The number of carbonyl (C=O) groups is 3. The molecule has 0 aromatic carbocycles. The molecule has 0 saturated carbocycles. The number of urea groups is 1. The molecule has 2 aliphatic rings. The van der Waals surface area contributed by atoms with Gasteiger partial charge in [0.1, 0.15) is 11.3 Å². The first-order valence-corrected chi connectivity index (χ1v) is 7.82. The number of hydrogen-bond donors (Lipinski definition) is 0. The molecule has 2 fully saturated rings. The number of likely N-dealkylation sites (tertiary alicyclic amines) is 1. The van der Waals surface area contributed by atoms with E-state index in [9.17, 15) is 14.4 Å². The van der Waals surface area contributed by atoms with Gasteiger partial charge in [-0.3, -0.25) is 19.5 Å². The molecular formula is C16H20N4O4. The lowest BCUT2D eigenvalue weighted by molar-refractivity contribution is -0.141. The minimum atomic E-state index is -0.813. The van der Waals surface area contributed by atoms with Crippen molar-refractivity contribution in [3.8, 4) is 5.75 Å². The Labute approximate surface area is 140 Å². The highest BCUT2D eigenvalue weighted by atomic mass is 16.5. The SMILES string of the molecule is CN1C(=O)N(C)C2(CCN(C(=O)COc3cccnc3)CC2)C1=O. The fraction of sp³-hybridized carbons (Fsp3) is 0.500. The predicted octanol–water partition coefficient (Wildman–Crippen LogP) is 0.345. The van der Waals surface area contributed by atoms with Gasteiger partial charge in [0.2, 0.25) is 0 Å². The Hall–Kier alpha value is -2.64. The Morgan fingerprint density at radius 3 is 2.54 bits per heavy atom. The van der Waals surface area contributed by atoms with Crippen molar-refractivity contribution in [3.05, 3.63) is 24.5 Å². The maximum Gasteiger partial charge on any atom is 0.327 e. The van der Waals surface area contributed by atoms with Crippen molar-refractivity contribution in [1.82, 2.24) is 19.7 Å². The lowest BCUT2D eigenvalue weighted by atomic mass is 9.86. The van der Waals surface area contributed by atoms with Crippen LogP contribution in [0.4, 0.5) is 4.79 Å². The van der Waals surface area contributed by atoms with E-state index in [1.807, 2.05) is 0 Å². The number of ether oxygens (including phenoxy) is 1. The molecule has 3 heterocycles. The van der Waals surface area contributed by atoms with Crippen LogP contribution in [0.5, 0.6) is 5.75 Å². The lowest BCUT2D eigenvalue weighted by Crippen LogP contribution is -2.56. The van der Waals surface area contributed by atoms with Crippen LogP contribution in [-0.2, 0) is 9.59 Å². The Balaban J connectivity index is 1.58. The third kappa shape index (κ3) is 2.57. The second-order valence-electron chi connectivity index (χ2n) is 6.10. The molecule has 0 N–H and O–H groups in total. The molecule has 2 saturated heterocycles. The summed E-state index contributed by atoms with van der Waals surface area (Å²) in [5.74, 6) is 0.215. The fourth-order valence-corrected chi connectivity index (χ4v) is 3.29. The maximum atomic E-state index is 12.4. The Bertz CT molecular complexity index is 655. The van der Waals surface area contributed by atoms with E-state index in [2.05, 4.69) is 4.98 Å². The summed E-state index contributed by atoms with van der Waals surface area (Å²) in [7, 11) is 3.14. The second kappa shape index (κ2) is 6.10. The van der Waals surface area contributed by atoms with Gasteiger partial charge < -0.3 is 14.5 Å². The molecule has 128 valence electrons. The first kappa shape index (κ1) is 16.2. The number of imide groups is 1. The van der Waals surface area contributed by atoms with Crippen LogP contribution in [0.15, 0.2) is 24.5 Å². The second-order valence-corrected chi connectivity index (χ2v) is 6.10. The highest BCUT2D eigenvalue weighted by molar-refractivity contribution is 6.06. The van der Waals surface area contributed by atoms with Gasteiger partial charge in [0.15, 0.2) is 6.61 Å². The molecule has 24 heavy (non-hydrogen) atoms. The standard InChI is InChI=1S/C16H20N4O4/c1-18-14(22)16(19(2)15(18)23)5-8-20(9-6-16)13(21)11-24-12-4-3-7-17-10-12/h3-4,7,10H,5-6,8-9,11H2,1-2H3. The van der Waals surface area contributed by atoms with Gasteiger partial charge in [-0.2, -0.15) is 0 Å². The minimum Gasteiger partial charge on any atom is -0.482 e. The number of hydrogen-bond acceptors (Lipinski definition) is 5. The van der Waals surface area contributed by atoms with E-state index in [0.29, 0.717) is 31.7 Å². The highest BCUT2D eigenvalue weighted by Crippen LogP contribution is 2.35. The number of aromatic nitrogens is 1. The van der Waals surface area contributed by atoms with Gasteiger partial charge in [-0.25, -0.2) is 4.79 Å². The zero-order chi connectivity index (χ0) is 17.3. The molecule has 0 radical (unpaired) electrons. The van der Waals surface area contributed by atoms with Crippen LogP contribution < -0.4 is 4.74 Å². The quantitative estimate of drug-likeness (QED) is 0.746. The van der Waals surface area contributed by atoms with E-state index in [-0.39, 0.29) is 24.5 Å². The van der Waals surface area contributed by atoms with Crippen LogP contribution in [0.25, 0.3) is 0 Å². The Kier molecular flexibility index (Phi) is 4.13. The van der Waals surface area contributed by atoms with Gasteiger partial charge in [0.05, 0.1) is 6.20 Å². The molecular weight excluding hydrogens is 312 g/mol. The van der Waals surface area contributed by atoms with Gasteiger partial charge in [-0.1, -0.05) is 0 Å². The van der Waals surface area contributed by atoms with Crippen molar-refractivity contribution < 1.29 is 19.1 Å². The van der Waals surface area contributed by atoms with Crippen LogP contribution in [0.2, 0.25) is 0 Å². The van der Waals surface area contributed by atoms with Crippen molar-refractivity contribution in [2.45, 2.75) is 18.4 Å². The normalized spacial score (nSPS) is 20.0. The average Bonchev–Trinajstić information content (AvgIpc) is 2.77. The van der Waals surface area contributed by atoms with Gasteiger partial charge in [0, 0.05) is 33.4 Å². The lowest BCUT2D eigenvalue weighted by Gasteiger charge is -2.40. The number of rotatable bonds is 3. The van der Waals surface area contributed by atoms with Crippen LogP contribution in [-0.4, -0.2) is 76.9 Å². The number of amides is 4. The zero-order valence-corrected chi connectivity index (χ0v) is 13.8. The molecule has 0 unspecified atom stereocenters. The smallest absolute Gasteiger partial charge is 0.327 e. The topological polar surface area (TPSA) is 83.1 Å². The van der Waals surface area contributed by atoms with Crippen molar-refractivity contribution in [3.63, 3.8) is 0 Å². The molecule has 0 bridgehead atoms. The van der Waals surface area contributed by atoms with Crippen molar-refractivity contribution in [2.75, 3.05) is 33.8 Å². The summed E-state index contributed by atoms with van der Waals surface area (Å²) in [4.78, 5) is 44.9. The molecule has 1 spiro atoms. The number of likely N-dealkylation sites (N-methyl/N-ethyl adjacent to an activating group) is 2. The van der Waals surface area contributed by atoms with Gasteiger partial charge >= 0.3 is 6.03 Å². The summed E-state index contributed by atoms with van der Waals surface area (Å²) >= 11 is 0. The molecule has 4 amide bonds. The summed E-state index contributed by atoms with van der Waals surface area (Å²) in [5.41, 5.74) is -0.813. The van der Waals surface area contributed by atoms with Crippen molar-refractivity contribution in [1.29, 1.82) is 0 Å². The summed E-state index contributed by atoms with van der Waals surface area (Å²) in [5, 5.41) is 0. The number of pyridine rings is 1.